The van der Waals surface area contributed by atoms with Crippen LogP contribution >= 0.6 is 11.3 Å². The van der Waals surface area contributed by atoms with Crippen molar-refractivity contribution >= 4 is 11.3 Å². The van der Waals surface area contributed by atoms with E-state index in [9.17, 15) is 0 Å². The van der Waals surface area contributed by atoms with Gasteiger partial charge in [0.05, 0.1) is 12.6 Å². The number of benzene rings is 1. The highest BCUT2D eigenvalue weighted by Crippen LogP contribution is 2.24. The molecule has 1 unspecified atom stereocenters. The summed E-state index contributed by atoms with van der Waals surface area (Å²) in [5, 5.41) is 13.4. The van der Waals surface area contributed by atoms with Crippen LogP contribution in [-0.4, -0.2) is 24.4 Å². The van der Waals surface area contributed by atoms with Gasteiger partial charge in [0.15, 0.2) is 0 Å². The molecule has 17 heavy (non-hydrogen) atoms. The van der Waals surface area contributed by atoms with Crippen molar-refractivity contribution in [1.29, 1.82) is 0 Å². The molecule has 1 aromatic heterocycles. The van der Waals surface area contributed by atoms with Crippen LogP contribution in [0.1, 0.15) is 21.6 Å². The lowest BCUT2D eigenvalue weighted by molar-refractivity contribution is 0.184. The second kappa shape index (κ2) is 5.86. The van der Waals surface area contributed by atoms with Crippen LogP contribution in [0.15, 0.2) is 30.3 Å². The molecule has 1 aromatic carbocycles. The molecule has 4 nitrogen and oxygen atoms in total. The third-order valence-electron chi connectivity index (χ3n) is 2.42. The minimum Gasteiger partial charge on any atom is -0.377 e. The fourth-order valence-corrected chi connectivity index (χ4v) is 2.60. The first-order valence-electron chi connectivity index (χ1n) is 5.38. The standard InChI is InChI=1S/C12H15N3OS/c1-13-11(9-6-4-3-5-7-9)12-15-14-10(17-12)8-16-2/h3-7,11,13H,8H2,1-2H3. The van der Waals surface area contributed by atoms with Crippen LogP contribution in [0.4, 0.5) is 0 Å². The van der Waals surface area contributed by atoms with Crippen LogP contribution in [0.25, 0.3) is 0 Å². The number of ether oxygens (including phenoxy) is 1. The van der Waals surface area contributed by atoms with Gasteiger partial charge >= 0.3 is 0 Å². The van der Waals surface area contributed by atoms with Crippen molar-refractivity contribution in [3.8, 4) is 0 Å². The summed E-state index contributed by atoms with van der Waals surface area (Å²) in [7, 11) is 3.59. The largest absolute Gasteiger partial charge is 0.377 e. The van der Waals surface area contributed by atoms with Crippen molar-refractivity contribution in [3.05, 3.63) is 45.9 Å². The smallest absolute Gasteiger partial charge is 0.143 e. The average molecular weight is 249 g/mol. The Labute approximate surface area is 105 Å². The Balaban J connectivity index is 2.23. The summed E-state index contributed by atoms with van der Waals surface area (Å²) in [5.41, 5.74) is 1.19. The normalized spacial score (nSPS) is 12.6. The first-order chi connectivity index (χ1) is 8.35. The molecule has 1 N–H and O–H groups in total. The third kappa shape index (κ3) is 2.88. The van der Waals surface area contributed by atoms with Crippen LogP contribution in [0, 0.1) is 0 Å². The summed E-state index contributed by atoms with van der Waals surface area (Å²) in [5.74, 6) is 0. The second-order valence-electron chi connectivity index (χ2n) is 3.60. The van der Waals surface area contributed by atoms with E-state index in [-0.39, 0.29) is 6.04 Å². The molecule has 2 rings (SSSR count). The first kappa shape index (κ1) is 12.2. The van der Waals surface area contributed by atoms with Gasteiger partial charge < -0.3 is 10.1 Å². The zero-order valence-electron chi connectivity index (χ0n) is 9.88. The number of hydrogen-bond acceptors (Lipinski definition) is 5. The summed E-state index contributed by atoms with van der Waals surface area (Å²) in [6, 6.07) is 10.3. The highest BCUT2D eigenvalue weighted by atomic mass is 32.1. The molecule has 1 heterocycles. The molecule has 0 fully saturated rings. The van der Waals surface area contributed by atoms with E-state index in [1.54, 1.807) is 18.4 Å². The van der Waals surface area contributed by atoms with E-state index in [1.807, 2.05) is 25.2 Å². The van der Waals surface area contributed by atoms with E-state index in [0.717, 1.165) is 10.0 Å². The Morgan fingerprint density at radius 1 is 1.29 bits per heavy atom. The fraction of sp³-hybridized carbons (Fsp3) is 0.333. The molecule has 1 atom stereocenters. The fourth-order valence-electron chi connectivity index (χ4n) is 1.64. The van der Waals surface area contributed by atoms with Gasteiger partial charge in [-0.05, 0) is 12.6 Å². The molecule has 90 valence electrons. The molecule has 0 bridgehead atoms. The highest BCUT2D eigenvalue weighted by Gasteiger charge is 2.16. The quantitative estimate of drug-likeness (QED) is 0.880. The molecule has 0 spiro atoms. The lowest BCUT2D eigenvalue weighted by Gasteiger charge is -2.12. The van der Waals surface area contributed by atoms with E-state index in [0.29, 0.717) is 6.61 Å². The van der Waals surface area contributed by atoms with Crippen LogP contribution in [0.2, 0.25) is 0 Å². The van der Waals surface area contributed by atoms with Gasteiger partial charge in [-0.3, -0.25) is 0 Å². The van der Waals surface area contributed by atoms with Gasteiger partial charge in [-0.1, -0.05) is 41.7 Å². The predicted molar refractivity (Wildman–Crippen MR) is 68.0 cm³/mol. The van der Waals surface area contributed by atoms with E-state index in [1.165, 1.54) is 5.56 Å². The van der Waals surface area contributed by atoms with Crippen molar-refractivity contribution in [2.45, 2.75) is 12.6 Å². The molecule has 0 aliphatic rings. The third-order valence-corrected chi connectivity index (χ3v) is 3.38. The summed E-state index contributed by atoms with van der Waals surface area (Å²) in [6.07, 6.45) is 0. The van der Waals surface area contributed by atoms with Gasteiger partial charge in [0.2, 0.25) is 0 Å². The van der Waals surface area contributed by atoms with E-state index in [4.69, 9.17) is 4.74 Å². The van der Waals surface area contributed by atoms with E-state index in [2.05, 4.69) is 27.6 Å². The minimum absolute atomic E-state index is 0.0966. The average Bonchev–Trinajstić information content (AvgIpc) is 2.81. The molecule has 5 heteroatoms. The number of rotatable bonds is 5. The number of hydrogen-bond donors (Lipinski definition) is 1. The predicted octanol–water partition coefficient (Wildman–Crippen LogP) is 1.99. The maximum atomic E-state index is 5.05. The van der Waals surface area contributed by atoms with Crippen molar-refractivity contribution < 1.29 is 4.74 Å². The second-order valence-corrected chi connectivity index (χ2v) is 4.69. The molecule has 0 aliphatic heterocycles. The van der Waals surface area contributed by atoms with Crippen LogP contribution in [0.3, 0.4) is 0 Å². The van der Waals surface area contributed by atoms with Gasteiger partial charge in [0.1, 0.15) is 10.0 Å². The maximum absolute atomic E-state index is 5.05. The topological polar surface area (TPSA) is 47.0 Å². The Bertz CT molecular complexity index is 458. The maximum Gasteiger partial charge on any atom is 0.143 e. The molecular formula is C12H15N3OS. The number of aromatic nitrogens is 2. The Kier molecular flexibility index (Phi) is 4.19. The Hall–Kier alpha value is -1.30. The van der Waals surface area contributed by atoms with Gasteiger partial charge in [-0.25, -0.2) is 0 Å². The molecular weight excluding hydrogens is 234 g/mol. The zero-order valence-corrected chi connectivity index (χ0v) is 10.7. The van der Waals surface area contributed by atoms with Crippen LogP contribution in [0.5, 0.6) is 0 Å². The zero-order chi connectivity index (χ0) is 12.1. The lowest BCUT2D eigenvalue weighted by Crippen LogP contribution is -2.17. The summed E-state index contributed by atoms with van der Waals surface area (Å²) in [4.78, 5) is 0. The van der Waals surface area contributed by atoms with Crippen molar-refractivity contribution in [1.82, 2.24) is 15.5 Å². The molecule has 0 amide bonds. The van der Waals surface area contributed by atoms with Crippen LogP contribution < -0.4 is 5.32 Å². The summed E-state index contributed by atoms with van der Waals surface area (Å²) >= 11 is 1.58. The molecule has 0 radical (unpaired) electrons. The number of nitrogens with zero attached hydrogens (tertiary/aromatic N) is 2. The summed E-state index contributed by atoms with van der Waals surface area (Å²) in [6.45, 7) is 0.517. The van der Waals surface area contributed by atoms with Gasteiger partial charge in [0, 0.05) is 7.11 Å². The molecule has 0 aliphatic carbocycles. The monoisotopic (exact) mass is 249 g/mol. The van der Waals surface area contributed by atoms with Gasteiger partial charge in [-0.2, -0.15) is 0 Å². The molecule has 0 saturated heterocycles. The number of nitrogens with one attached hydrogen (secondary N) is 1. The van der Waals surface area contributed by atoms with Gasteiger partial charge in [0.25, 0.3) is 0 Å². The molecule has 0 saturated carbocycles. The molecule has 2 aromatic rings. The summed E-state index contributed by atoms with van der Waals surface area (Å²) < 4.78 is 5.05. The SMILES string of the molecule is CNC(c1ccccc1)c1nnc(COC)s1. The highest BCUT2D eigenvalue weighted by molar-refractivity contribution is 7.11. The van der Waals surface area contributed by atoms with E-state index < -0.39 is 0 Å². The lowest BCUT2D eigenvalue weighted by atomic mass is 10.1. The Morgan fingerprint density at radius 3 is 2.71 bits per heavy atom. The van der Waals surface area contributed by atoms with Crippen molar-refractivity contribution in [2.24, 2.45) is 0 Å². The minimum atomic E-state index is 0.0966. The van der Waals surface area contributed by atoms with Crippen molar-refractivity contribution in [2.75, 3.05) is 14.2 Å². The number of methoxy groups -OCH3 is 1. The van der Waals surface area contributed by atoms with Crippen molar-refractivity contribution in [3.63, 3.8) is 0 Å². The van der Waals surface area contributed by atoms with Gasteiger partial charge in [-0.15, -0.1) is 10.2 Å². The Morgan fingerprint density at radius 2 is 2.06 bits per heavy atom. The first-order valence-corrected chi connectivity index (χ1v) is 6.20. The van der Waals surface area contributed by atoms with E-state index >= 15 is 0 Å². The van der Waals surface area contributed by atoms with Crippen LogP contribution in [-0.2, 0) is 11.3 Å².